The Morgan fingerprint density at radius 1 is 1.32 bits per heavy atom. The highest BCUT2D eigenvalue weighted by molar-refractivity contribution is 5.93. The number of alkyl halides is 3. The van der Waals surface area contributed by atoms with E-state index in [9.17, 15) is 18.0 Å². The van der Waals surface area contributed by atoms with Crippen LogP contribution in [0.4, 0.5) is 18.9 Å². The third kappa shape index (κ3) is 6.07. The van der Waals surface area contributed by atoms with E-state index >= 15 is 0 Å². The number of amides is 1. The molecule has 1 heterocycles. The number of carbonyl (C=O) groups is 1. The van der Waals surface area contributed by atoms with Crippen LogP contribution in [0.15, 0.2) is 42.6 Å². The van der Waals surface area contributed by atoms with Gasteiger partial charge in [0, 0.05) is 24.2 Å². The molecule has 0 saturated heterocycles. The van der Waals surface area contributed by atoms with Crippen LogP contribution in [0.1, 0.15) is 13.3 Å². The molecule has 1 atom stereocenters. The second kappa shape index (κ2) is 7.98. The number of ether oxygens (including phenoxy) is 1. The maximum absolute atomic E-state index is 12.4. The Hall–Kier alpha value is -2.61. The van der Waals surface area contributed by atoms with E-state index in [-0.39, 0.29) is 23.9 Å². The molecule has 5 nitrogen and oxygen atoms in total. The van der Waals surface area contributed by atoms with Crippen LogP contribution >= 0.6 is 0 Å². The lowest BCUT2D eigenvalue weighted by atomic mass is 10.1. The first-order chi connectivity index (χ1) is 11.7. The van der Waals surface area contributed by atoms with Gasteiger partial charge in [0.1, 0.15) is 5.75 Å². The highest BCUT2D eigenvalue weighted by Crippen LogP contribution is 2.31. The number of nitrogens with two attached hydrogens (primary N) is 1. The summed E-state index contributed by atoms with van der Waals surface area (Å²) >= 11 is 0. The molecule has 0 aliphatic heterocycles. The van der Waals surface area contributed by atoms with Crippen LogP contribution in [0, 0.1) is 0 Å². The molecule has 3 N–H and O–H groups in total. The first kappa shape index (κ1) is 18.7. The summed E-state index contributed by atoms with van der Waals surface area (Å²) in [4.78, 5) is 16.1. The van der Waals surface area contributed by atoms with Crippen molar-refractivity contribution in [1.82, 2.24) is 4.98 Å². The fraction of sp³-hybridized carbons (Fsp3) is 0.294. The number of pyridine rings is 1. The zero-order chi connectivity index (χ0) is 18.4. The van der Waals surface area contributed by atoms with Crippen molar-refractivity contribution in [2.24, 2.45) is 5.73 Å². The standard InChI is InChI=1S/C17H18F3N3O2/c1-11(21)8-16(24)23-14-9-12(13-4-2-3-7-22-13)5-6-15(14)25-10-17(18,19)20/h2-7,9,11H,8,10,21H2,1H3,(H,23,24). The second-order valence-electron chi connectivity index (χ2n) is 5.56. The third-order valence-corrected chi connectivity index (χ3v) is 3.11. The molecular formula is C17H18F3N3O2. The lowest BCUT2D eigenvalue weighted by Crippen LogP contribution is -2.24. The molecule has 0 bridgehead atoms. The Kier molecular flexibility index (Phi) is 5.97. The normalized spacial score (nSPS) is 12.5. The highest BCUT2D eigenvalue weighted by Gasteiger charge is 2.29. The van der Waals surface area contributed by atoms with E-state index in [0.29, 0.717) is 11.3 Å². The second-order valence-corrected chi connectivity index (χ2v) is 5.56. The minimum Gasteiger partial charge on any atom is -0.482 e. The topological polar surface area (TPSA) is 77.2 Å². The molecule has 25 heavy (non-hydrogen) atoms. The van der Waals surface area contributed by atoms with E-state index in [4.69, 9.17) is 10.5 Å². The summed E-state index contributed by atoms with van der Waals surface area (Å²) in [5, 5.41) is 2.55. The highest BCUT2D eigenvalue weighted by atomic mass is 19.4. The Labute approximate surface area is 143 Å². The summed E-state index contributed by atoms with van der Waals surface area (Å²) < 4.78 is 42.0. The zero-order valence-corrected chi connectivity index (χ0v) is 13.5. The summed E-state index contributed by atoms with van der Waals surface area (Å²) in [6.45, 7) is 0.205. The quantitative estimate of drug-likeness (QED) is 0.835. The van der Waals surface area contributed by atoms with Gasteiger partial charge >= 0.3 is 6.18 Å². The lowest BCUT2D eigenvalue weighted by molar-refractivity contribution is -0.153. The maximum atomic E-state index is 12.4. The van der Waals surface area contributed by atoms with Crippen LogP contribution in [-0.2, 0) is 4.79 Å². The number of anilines is 1. The van der Waals surface area contributed by atoms with Crippen molar-refractivity contribution in [3.8, 4) is 17.0 Å². The summed E-state index contributed by atoms with van der Waals surface area (Å²) in [7, 11) is 0. The van der Waals surface area contributed by atoms with E-state index in [1.165, 1.54) is 12.1 Å². The Bertz CT molecular complexity index is 719. The fourth-order valence-corrected chi connectivity index (χ4v) is 2.10. The third-order valence-electron chi connectivity index (χ3n) is 3.11. The molecule has 2 aromatic rings. The minimum absolute atomic E-state index is 0.0343. The molecule has 0 aliphatic rings. The maximum Gasteiger partial charge on any atom is 0.422 e. The van der Waals surface area contributed by atoms with E-state index in [1.807, 2.05) is 0 Å². The Morgan fingerprint density at radius 3 is 2.68 bits per heavy atom. The van der Waals surface area contributed by atoms with Crippen LogP contribution in [0.3, 0.4) is 0 Å². The van der Waals surface area contributed by atoms with Crippen molar-refractivity contribution < 1.29 is 22.7 Å². The summed E-state index contributed by atoms with van der Waals surface area (Å²) in [6, 6.07) is 9.37. The zero-order valence-electron chi connectivity index (χ0n) is 13.5. The van der Waals surface area contributed by atoms with E-state index in [0.717, 1.165) is 0 Å². The van der Waals surface area contributed by atoms with Crippen LogP contribution in [0.25, 0.3) is 11.3 Å². The number of halogens is 3. The average molecular weight is 353 g/mol. The van der Waals surface area contributed by atoms with Gasteiger partial charge in [0.2, 0.25) is 5.91 Å². The van der Waals surface area contributed by atoms with Crippen LogP contribution < -0.4 is 15.8 Å². The van der Waals surface area contributed by atoms with Crippen molar-refractivity contribution >= 4 is 11.6 Å². The SMILES string of the molecule is CC(N)CC(=O)Nc1cc(-c2ccccn2)ccc1OCC(F)(F)F. The molecule has 0 saturated carbocycles. The molecule has 1 aromatic carbocycles. The number of benzene rings is 1. The molecule has 0 fully saturated rings. The van der Waals surface area contributed by atoms with E-state index in [1.54, 1.807) is 37.4 Å². The fourth-order valence-electron chi connectivity index (χ4n) is 2.10. The van der Waals surface area contributed by atoms with Crippen molar-refractivity contribution in [3.63, 3.8) is 0 Å². The van der Waals surface area contributed by atoms with Crippen molar-refractivity contribution in [2.45, 2.75) is 25.6 Å². The molecule has 1 aromatic heterocycles. The molecule has 134 valence electrons. The number of nitrogens with one attached hydrogen (secondary N) is 1. The molecule has 0 radical (unpaired) electrons. The number of nitrogens with zero attached hydrogens (tertiary/aromatic N) is 1. The van der Waals surface area contributed by atoms with Crippen molar-refractivity contribution in [3.05, 3.63) is 42.6 Å². The van der Waals surface area contributed by atoms with Gasteiger partial charge in [-0.1, -0.05) is 6.07 Å². The number of hydrogen-bond acceptors (Lipinski definition) is 4. The van der Waals surface area contributed by atoms with Crippen LogP contribution in [-0.4, -0.2) is 29.7 Å². The minimum atomic E-state index is -4.48. The van der Waals surface area contributed by atoms with Gasteiger partial charge in [-0.05, 0) is 37.3 Å². The van der Waals surface area contributed by atoms with Gasteiger partial charge in [0.05, 0.1) is 11.4 Å². The van der Waals surface area contributed by atoms with Crippen molar-refractivity contribution in [2.75, 3.05) is 11.9 Å². The van der Waals surface area contributed by atoms with Gasteiger partial charge < -0.3 is 15.8 Å². The molecule has 1 unspecified atom stereocenters. The average Bonchev–Trinajstić information content (AvgIpc) is 2.53. The number of rotatable bonds is 6. The lowest BCUT2D eigenvalue weighted by Gasteiger charge is -2.15. The van der Waals surface area contributed by atoms with Gasteiger partial charge in [-0.15, -0.1) is 0 Å². The summed E-state index contributed by atoms with van der Waals surface area (Å²) in [5.41, 5.74) is 6.96. The first-order valence-corrected chi connectivity index (χ1v) is 7.55. The van der Waals surface area contributed by atoms with E-state index < -0.39 is 18.7 Å². The van der Waals surface area contributed by atoms with Gasteiger partial charge in [0.25, 0.3) is 0 Å². The molecule has 2 rings (SSSR count). The van der Waals surface area contributed by atoms with Crippen LogP contribution in [0.2, 0.25) is 0 Å². The molecular weight excluding hydrogens is 335 g/mol. The summed E-state index contributed by atoms with van der Waals surface area (Å²) in [5.74, 6) is -0.486. The molecule has 0 spiro atoms. The number of aromatic nitrogens is 1. The smallest absolute Gasteiger partial charge is 0.422 e. The number of hydrogen-bond donors (Lipinski definition) is 2. The van der Waals surface area contributed by atoms with E-state index in [2.05, 4.69) is 10.3 Å². The Balaban J connectivity index is 2.30. The van der Waals surface area contributed by atoms with Gasteiger partial charge in [0.15, 0.2) is 6.61 Å². The molecule has 0 aliphatic carbocycles. The Morgan fingerprint density at radius 2 is 2.08 bits per heavy atom. The van der Waals surface area contributed by atoms with Gasteiger partial charge in [-0.3, -0.25) is 9.78 Å². The van der Waals surface area contributed by atoms with Gasteiger partial charge in [-0.2, -0.15) is 13.2 Å². The number of carbonyl (C=O) groups excluding carboxylic acids is 1. The van der Waals surface area contributed by atoms with Crippen LogP contribution in [0.5, 0.6) is 5.75 Å². The largest absolute Gasteiger partial charge is 0.482 e. The molecule has 1 amide bonds. The predicted octanol–water partition coefficient (Wildman–Crippen LogP) is 3.37. The monoisotopic (exact) mass is 353 g/mol. The summed E-state index contributed by atoms with van der Waals surface area (Å²) in [6.07, 6.45) is -2.85. The molecule has 8 heteroatoms. The van der Waals surface area contributed by atoms with Crippen molar-refractivity contribution in [1.29, 1.82) is 0 Å². The van der Waals surface area contributed by atoms with Gasteiger partial charge in [-0.25, -0.2) is 0 Å². The predicted molar refractivity (Wildman–Crippen MR) is 88.1 cm³/mol. The first-order valence-electron chi connectivity index (χ1n) is 7.55.